The second-order valence-corrected chi connectivity index (χ2v) is 7.70. The molecule has 2 aromatic rings. The van der Waals surface area contributed by atoms with Crippen molar-refractivity contribution >= 4 is 28.8 Å². The Labute approximate surface area is 163 Å². The first kappa shape index (κ1) is 19.4. The van der Waals surface area contributed by atoms with Crippen LogP contribution >= 0.6 is 11.3 Å². The van der Waals surface area contributed by atoms with E-state index >= 15 is 0 Å². The molecule has 1 aliphatic rings. The van der Waals surface area contributed by atoms with Crippen molar-refractivity contribution in [2.24, 2.45) is 0 Å². The molecule has 2 N–H and O–H groups in total. The molecule has 1 atom stereocenters. The zero-order valence-corrected chi connectivity index (χ0v) is 16.3. The lowest BCUT2D eigenvalue weighted by atomic mass is 10.0. The van der Waals surface area contributed by atoms with Crippen molar-refractivity contribution in [1.82, 2.24) is 20.4 Å². The quantitative estimate of drug-likeness (QED) is 0.714. The van der Waals surface area contributed by atoms with E-state index in [-0.39, 0.29) is 21.8 Å². The Morgan fingerprint density at radius 1 is 1.15 bits per heavy atom. The van der Waals surface area contributed by atoms with Crippen LogP contribution in [0.2, 0.25) is 0 Å². The molecule has 2 heterocycles. The number of benzene rings is 1. The summed E-state index contributed by atoms with van der Waals surface area (Å²) in [6, 6.07) is 9.74. The van der Waals surface area contributed by atoms with E-state index < -0.39 is 0 Å². The predicted molar refractivity (Wildman–Crippen MR) is 106 cm³/mol. The van der Waals surface area contributed by atoms with Gasteiger partial charge in [-0.1, -0.05) is 36.0 Å². The predicted octanol–water partition coefficient (Wildman–Crippen LogP) is 2.78. The first-order valence-electron chi connectivity index (χ1n) is 9.35. The van der Waals surface area contributed by atoms with E-state index in [0.717, 1.165) is 30.8 Å². The maximum atomic E-state index is 12.2. The van der Waals surface area contributed by atoms with Crippen molar-refractivity contribution in [2.45, 2.75) is 38.6 Å². The second-order valence-electron chi connectivity index (χ2n) is 6.72. The number of nitrogens with one attached hydrogen (secondary N) is 2. The van der Waals surface area contributed by atoms with Crippen LogP contribution in [-0.2, 0) is 0 Å². The van der Waals surface area contributed by atoms with Gasteiger partial charge >= 0.3 is 0 Å². The Balaban J connectivity index is 1.43. The minimum absolute atomic E-state index is 0.172. The Morgan fingerprint density at radius 2 is 1.89 bits per heavy atom. The Kier molecular flexibility index (Phi) is 6.89. The number of carbonyl (C=O) groups is 2. The molecule has 0 radical (unpaired) electrons. The molecular weight excluding hydrogens is 362 g/mol. The van der Waals surface area contributed by atoms with E-state index in [1.165, 1.54) is 19.3 Å². The number of amides is 2. The lowest BCUT2D eigenvalue weighted by Gasteiger charge is -2.33. The highest BCUT2D eigenvalue weighted by atomic mass is 32.1. The van der Waals surface area contributed by atoms with Crippen molar-refractivity contribution in [3.05, 3.63) is 40.3 Å². The third-order valence-corrected chi connectivity index (χ3v) is 5.61. The first-order valence-corrected chi connectivity index (χ1v) is 10.2. The number of hydrogen-bond donors (Lipinski definition) is 2. The van der Waals surface area contributed by atoms with E-state index in [2.05, 4.69) is 32.7 Å². The molecule has 7 nitrogen and oxygen atoms in total. The highest BCUT2D eigenvalue weighted by Gasteiger charge is 2.19. The Bertz CT molecular complexity index is 764. The van der Waals surface area contributed by atoms with Gasteiger partial charge in [-0.15, -0.1) is 10.2 Å². The van der Waals surface area contributed by atoms with Gasteiger partial charge < -0.3 is 15.5 Å². The molecule has 0 bridgehead atoms. The van der Waals surface area contributed by atoms with Crippen molar-refractivity contribution < 1.29 is 9.59 Å². The fraction of sp³-hybridized carbons (Fsp3) is 0.474. The second kappa shape index (κ2) is 9.57. The number of nitrogens with zero attached hydrogens (tertiary/aromatic N) is 3. The van der Waals surface area contributed by atoms with Crippen LogP contribution in [0.3, 0.4) is 0 Å². The monoisotopic (exact) mass is 387 g/mol. The molecule has 1 aromatic carbocycles. The molecule has 0 aliphatic carbocycles. The normalized spacial score (nSPS) is 17.4. The number of likely N-dealkylation sites (tertiary alicyclic amines) is 1. The zero-order chi connectivity index (χ0) is 19.1. The summed E-state index contributed by atoms with van der Waals surface area (Å²) in [5, 5.41) is 13.7. The summed E-state index contributed by atoms with van der Waals surface area (Å²) in [7, 11) is 0. The fourth-order valence-corrected chi connectivity index (χ4v) is 3.82. The molecule has 1 fully saturated rings. The summed E-state index contributed by atoms with van der Waals surface area (Å²) in [6.07, 6.45) is 4.72. The first-order chi connectivity index (χ1) is 13.1. The zero-order valence-electron chi connectivity index (χ0n) is 15.5. The summed E-state index contributed by atoms with van der Waals surface area (Å²) in [5.74, 6) is -0.644. The summed E-state index contributed by atoms with van der Waals surface area (Å²) >= 11 is 0.998. The van der Waals surface area contributed by atoms with Crippen molar-refractivity contribution in [2.75, 3.05) is 25.0 Å². The number of carbonyl (C=O) groups excluding carboxylic acids is 2. The average Bonchev–Trinajstić information content (AvgIpc) is 3.18. The molecule has 1 saturated heterocycles. The smallest absolute Gasteiger partial charge is 0.286 e. The third kappa shape index (κ3) is 5.58. The van der Waals surface area contributed by atoms with E-state index in [1.807, 2.05) is 18.2 Å². The van der Waals surface area contributed by atoms with Gasteiger partial charge in [-0.3, -0.25) is 9.59 Å². The molecule has 2 amide bonds. The van der Waals surface area contributed by atoms with Crippen LogP contribution < -0.4 is 10.6 Å². The molecule has 1 aliphatic heterocycles. The fourth-order valence-electron chi connectivity index (χ4n) is 3.16. The number of para-hydroxylation sites is 1. The molecule has 0 unspecified atom stereocenters. The molecule has 8 heteroatoms. The lowest BCUT2D eigenvalue weighted by Crippen LogP contribution is -2.39. The molecule has 1 aromatic heterocycles. The van der Waals surface area contributed by atoms with Gasteiger partial charge in [0.2, 0.25) is 10.0 Å². The highest BCUT2D eigenvalue weighted by Crippen LogP contribution is 2.16. The van der Waals surface area contributed by atoms with Gasteiger partial charge in [0.25, 0.3) is 11.8 Å². The van der Waals surface area contributed by atoms with Gasteiger partial charge in [-0.05, 0) is 44.9 Å². The van der Waals surface area contributed by atoms with Crippen LogP contribution in [-0.4, -0.2) is 52.6 Å². The van der Waals surface area contributed by atoms with Crippen molar-refractivity contribution in [3.8, 4) is 0 Å². The molecular formula is C19H25N5O2S. The summed E-state index contributed by atoms with van der Waals surface area (Å²) in [5.41, 5.74) is 0.677. The van der Waals surface area contributed by atoms with E-state index in [1.54, 1.807) is 12.1 Å². The van der Waals surface area contributed by atoms with Crippen LogP contribution in [0.25, 0.3) is 0 Å². The standard InChI is InChI=1S/C19H25N5O2S/c1-14-8-5-6-12-24(14)13-7-11-20-16(25)18-22-23-19(27-18)17(26)21-15-9-3-2-4-10-15/h2-4,9-10,14H,5-8,11-13H2,1H3,(H,20,25)(H,21,26)/t14-/m1/s1. The average molecular weight is 388 g/mol. The number of piperidine rings is 1. The maximum absolute atomic E-state index is 12.2. The summed E-state index contributed by atoms with van der Waals surface area (Å²) in [6.45, 7) is 4.99. The summed E-state index contributed by atoms with van der Waals surface area (Å²) < 4.78 is 0. The third-order valence-electron chi connectivity index (χ3n) is 4.69. The van der Waals surface area contributed by atoms with Gasteiger partial charge in [0.05, 0.1) is 0 Å². The molecule has 0 saturated carbocycles. The number of anilines is 1. The molecule has 3 rings (SSSR count). The number of hydrogen-bond acceptors (Lipinski definition) is 6. The minimum atomic E-state index is -0.364. The largest absolute Gasteiger partial charge is 0.350 e. The van der Waals surface area contributed by atoms with E-state index in [4.69, 9.17) is 0 Å². The summed E-state index contributed by atoms with van der Waals surface area (Å²) in [4.78, 5) is 26.9. The van der Waals surface area contributed by atoms with Crippen LogP contribution in [0.5, 0.6) is 0 Å². The van der Waals surface area contributed by atoms with Crippen LogP contribution in [0, 0.1) is 0 Å². The number of aromatic nitrogens is 2. The lowest BCUT2D eigenvalue weighted by molar-refractivity contribution is 0.0946. The van der Waals surface area contributed by atoms with Gasteiger partial charge in [0.15, 0.2) is 0 Å². The van der Waals surface area contributed by atoms with Crippen LogP contribution in [0.1, 0.15) is 52.2 Å². The molecule has 27 heavy (non-hydrogen) atoms. The van der Waals surface area contributed by atoms with E-state index in [0.29, 0.717) is 18.3 Å². The van der Waals surface area contributed by atoms with Crippen molar-refractivity contribution in [3.63, 3.8) is 0 Å². The molecule has 144 valence electrons. The van der Waals surface area contributed by atoms with Gasteiger partial charge in [-0.25, -0.2) is 0 Å². The minimum Gasteiger partial charge on any atom is -0.350 e. The van der Waals surface area contributed by atoms with E-state index in [9.17, 15) is 9.59 Å². The highest BCUT2D eigenvalue weighted by molar-refractivity contribution is 7.15. The molecule has 0 spiro atoms. The number of rotatable bonds is 7. The Morgan fingerprint density at radius 3 is 2.63 bits per heavy atom. The van der Waals surface area contributed by atoms with Gasteiger partial charge in [-0.2, -0.15) is 0 Å². The maximum Gasteiger partial charge on any atom is 0.286 e. The Hall–Kier alpha value is -2.32. The van der Waals surface area contributed by atoms with Crippen LogP contribution in [0.15, 0.2) is 30.3 Å². The van der Waals surface area contributed by atoms with Gasteiger partial charge in [0, 0.05) is 24.8 Å². The van der Waals surface area contributed by atoms with Crippen molar-refractivity contribution in [1.29, 1.82) is 0 Å². The SMILES string of the molecule is C[C@@H]1CCCCN1CCCNC(=O)c1nnc(C(=O)Nc2ccccc2)s1. The van der Waals surface area contributed by atoms with Crippen LogP contribution in [0.4, 0.5) is 5.69 Å². The van der Waals surface area contributed by atoms with Gasteiger partial charge in [0.1, 0.15) is 0 Å². The topological polar surface area (TPSA) is 87.2 Å².